The molecule has 0 radical (unpaired) electrons. The molecule has 1 aliphatic rings. The molecule has 0 aliphatic heterocycles. The molecule has 2 atom stereocenters. The Labute approximate surface area is 122 Å². The Morgan fingerprint density at radius 3 is 2.48 bits per heavy atom. The van der Waals surface area contributed by atoms with Crippen molar-refractivity contribution in [3.63, 3.8) is 0 Å². The number of amides is 1. The Morgan fingerprint density at radius 2 is 1.90 bits per heavy atom. The summed E-state index contributed by atoms with van der Waals surface area (Å²) in [7, 11) is 0. The van der Waals surface area contributed by atoms with Crippen LogP contribution in [0.3, 0.4) is 0 Å². The number of carbonyl (C=O) groups is 1. The van der Waals surface area contributed by atoms with E-state index in [2.05, 4.69) is 5.32 Å². The number of hydrogen-bond acceptors (Lipinski definition) is 1. The second-order valence-electron chi connectivity index (χ2n) is 6.26. The third kappa shape index (κ3) is 3.57. The minimum Gasteiger partial charge on any atom is -0.351 e. The zero-order valence-electron chi connectivity index (χ0n) is 12.4. The molecule has 0 saturated heterocycles. The van der Waals surface area contributed by atoms with Gasteiger partial charge in [0.1, 0.15) is 0 Å². The molecule has 1 aromatic rings. The van der Waals surface area contributed by atoms with Gasteiger partial charge in [0.15, 0.2) is 0 Å². The van der Waals surface area contributed by atoms with E-state index < -0.39 is 11.7 Å². The van der Waals surface area contributed by atoms with Gasteiger partial charge in [0.2, 0.25) is 5.91 Å². The van der Waals surface area contributed by atoms with Crippen LogP contribution in [0.4, 0.5) is 13.2 Å². The molecule has 1 aromatic carbocycles. The molecule has 1 saturated carbocycles. The van der Waals surface area contributed by atoms with E-state index >= 15 is 0 Å². The second kappa shape index (κ2) is 5.35. The summed E-state index contributed by atoms with van der Waals surface area (Å²) in [6, 6.07) is 5.53. The fourth-order valence-electron chi connectivity index (χ4n) is 2.42. The average Bonchev–Trinajstić information content (AvgIpc) is 3.17. The third-order valence-electron chi connectivity index (χ3n) is 4.14. The highest BCUT2D eigenvalue weighted by Crippen LogP contribution is 2.51. The first-order valence-corrected chi connectivity index (χ1v) is 7.14. The van der Waals surface area contributed by atoms with Crippen molar-refractivity contribution in [2.24, 2.45) is 5.92 Å². The maximum atomic E-state index is 13.0. The Balaban J connectivity index is 2.13. The van der Waals surface area contributed by atoms with Gasteiger partial charge in [0.05, 0.1) is 5.56 Å². The van der Waals surface area contributed by atoms with Crippen LogP contribution in [0.15, 0.2) is 24.3 Å². The maximum Gasteiger partial charge on any atom is 0.416 e. The number of benzene rings is 1. The standard InChI is InChI=1S/C16H20F3NO/c1-4-15(2,3)20-14(21)12-9-11(12)10-7-5-6-8-13(10)16(17,18)19/h5-8,11-12H,4,9H2,1-3H3,(H,20,21). The van der Waals surface area contributed by atoms with Crippen LogP contribution in [0, 0.1) is 5.92 Å². The quantitative estimate of drug-likeness (QED) is 0.890. The SMILES string of the molecule is CCC(C)(C)NC(=O)C1CC1c1ccccc1C(F)(F)F. The lowest BCUT2D eigenvalue weighted by molar-refractivity contribution is -0.138. The highest BCUT2D eigenvalue weighted by molar-refractivity contribution is 5.83. The number of hydrogen-bond donors (Lipinski definition) is 1. The van der Waals surface area contributed by atoms with Crippen molar-refractivity contribution in [3.05, 3.63) is 35.4 Å². The number of nitrogens with one attached hydrogen (secondary N) is 1. The maximum absolute atomic E-state index is 13.0. The molecule has 2 rings (SSSR count). The van der Waals surface area contributed by atoms with Crippen LogP contribution in [0.1, 0.15) is 50.7 Å². The van der Waals surface area contributed by atoms with Gasteiger partial charge in [0.25, 0.3) is 0 Å². The van der Waals surface area contributed by atoms with Crippen molar-refractivity contribution in [2.45, 2.75) is 51.2 Å². The highest BCUT2D eigenvalue weighted by Gasteiger charge is 2.48. The molecule has 1 amide bonds. The molecule has 1 N–H and O–H groups in total. The van der Waals surface area contributed by atoms with Gasteiger partial charge in [-0.05, 0) is 44.2 Å². The Morgan fingerprint density at radius 1 is 1.29 bits per heavy atom. The summed E-state index contributed by atoms with van der Waals surface area (Å²) in [5.74, 6) is -0.821. The summed E-state index contributed by atoms with van der Waals surface area (Å²) >= 11 is 0. The lowest BCUT2D eigenvalue weighted by Gasteiger charge is -2.24. The van der Waals surface area contributed by atoms with Crippen molar-refractivity contribution in [2.75, 3.05) is 0 Å². The molecule has 1 aliphatic carbocycles. The van der Waals surface area contributed by atoms with Crippen LogP contribution >= 0.6 is 0 Å². The molecule has 2 unspecified atom stereocenters. The van der Waals surface area contributed by atoms with Gasteiger partial charge in [-0.2, -0.15) is 13.2 Å². The molecule has 0 bridgehead atoms. The van der Waals surface area contributed by atoms with E-state index in [4.69, 9.17) is 0 Å². The molecule has 21 heavy (non-hydrogen) atoms. The van der Waals surface area contributed by atoms with Crippen LogP contribution < -0.4 is 5.32 Å². The monoisotopic (exact) mass is 299 g/mol. The van der Waals surface area contributed by atoms with Crippen LogP contribution in [0.5, 0.6) is 0 Å². The molecule has 1 fully saturated rings. The van der Waals surface area contributed by atoms with Crippen molar-refractivity contribution in [1.82, 2.24) is 5.32 Å². The summed E-state index contributed by atoms with van der Waals surface area (Å²) < 4.78 is 39.0. The summed E-state index contributed by atoms with van der Waals surface area (Å²) in [4.78, 5) is 12.1. The zero-order valence-corrected chi connectivity index (χ0v) is 12.4. The van der Waals surface area contributed by atoms with Crippen LogP contribution in [0.2, 0.25) is 0 Å². The molecule has 5 heteroatoms. The minimum atomic E-state index is -4.37. The van der Waals surface area contributed by atoms with Crippen LogP contribution in [-0.2, 0) is 11.0 Å². The van der Waals surface area contributed by atoms with E-state index in [1.165, 1.54) is 12.1 Å². The molecule has 2 nitrogen and oxygen atoms in total. The van der Waals surface area contributed by atoms with E-state index in [1.807, 2.05) is 20.8 Å². The molecule has 116 valence electrons. The summed E-state index contributed by atoms with van der Waals surface area (Å²) in [6.07, 6.45) is -3.11. The number of alkyl halides is 3. The first-order chi connectivity index (χ1) is 9.65. The Bertz CT molecular complexity index is 537. The summed E-state index contributed by atoms with van der Waals surface area (Å²) in [5.41, 5.74) is -0.715. The Hall–Kier alpha value is -1.52. The van der Waals surface area contributed by atoms with Gasteiger partial charge >= 0.3 is 6.18 Å². The zero-order chi connectivity index (χ0) is 15.8. The van der Waals surface area contributed by atoms with Crippen molar-refractivity contribution >= 4 is 5.91 Å². The lowest BCUT2D eigenvalue weighted by atomic mass is 9.99. The van der Waals surface area contributed by atoms with Crippen molar-refractivity contribution in [1.29, 1.82) is 0 Å². The van der Waals surface area contributed by atoms with Gasteiger partial charge in [-0.3, -0.25) is 4.79 Å². The molecular weight excluding hydrogens is 279 g/mol. The molecular formula is C16H20F3NO. The van der Waals surface area contributed by atoms with Crippen LogP contribution in [0.25, 0.3) is 0 Å². The molecule has 0 aromatic heterocycles. The van der Waals surface area contributed by atoms with E-state index in [0.717, 1.165) is 12.5 Å². The highest BCUT2D eigenvalue weighted by atomic mass is 19.4. The molecule has 0 spiro atoms. The summed E-state index contributed by atoms with van der Waals surface area (Å²) in [6.45, 7) is 5.78. The molecule has 0 heterocycles. The van der Waals surface area contributed by atoms with Gasteiger partial charge in [-0.25, -0.2) is 0 Å². The van der Waals surface area contributed by atoms with Crippen molar-refractivity contribution in [3.8, 4) is 0 Å². The summed E-state index contributed by atoms with van der Waals surface area (Å²) in [5, 5.41) is 2.91. The number of rotatable bonds is 4. The normalized spacial score (nSPS) is 22.0. The topological polar surface area (TPSA) is 29.1 Å². The lowest BCUT2D eigenvalue weighted by Crippen LogP contribution is -2.43. The van der Waals surface area contributed by atoms with Gasteiger partial charge < -0.3 is 5.32 Å². The predicted molar refractivity (Wildman–Crippen MR) is 74.8 cm³/mol. The largest absolute Gasteiger partial charge is 0.416 e. The van der Waals surface area contributed by atoms with Gasteiger partial charge in [-0.15, -0.1) is 0 Å². The Kier molecular flexibility index (Phi) is 4.04. The van der Waals surface area contributed by atoms with E-state index in [0.29, 0.717) is 6.42 Å². The fraction of sp³-hybridized carbons (Fsp3) is 0.562. The first kappa shape index (κ1) is 15.9. The third-order valence-corrected chi connectivity index (χ3v) is 4.14. The first-order valence-electron chi connectivity index (χ1n) is 7.14. The van der Waals surface area contributed by atoms with Crippen molar-refractivity contribution < 1.29 is 18.0 Å². The van der Waals surface area contributed by atoms with E-state index in [1.54, 1.807) is 6.07 Å². The van der Waals surface area contributed by atoms with E-state index in [9.17, 15) is 18.0 Å². The van der Waals surface area contributed by atoms with Crippen LogP contribution in [-0.4, -0.2) is 11.4 Å². The number of halogens is 3. The number of carbonyl (C=O) groups excluding carboxylic acids is 1. The van der Waals surface area contributed by atoms with Gasteiger partial charge in [-0.1, -0.05) is 25.1 Å². The second-order valence-corrected chi connectivity index (χ2v) is 6.26. The van der Waals surface area contributed by atoms with E-state index in [-0.39, 0.29) is 28.8 Å². The smallest absolute Gasteiger partial charge is 0.351 e. The average molecular weight is 299 g/mol. The van der Waals surface area contributed by atoms with Gasteiger partial charge in [0, 0.05) is 11.5 Å². The minimum absolute atomic E-state index is 0.149. The fourth-order valence-corrected chi connectivity index (χ4v) is 2.42. The predicted octanol–water partition coefficient (Wildman–Crippen LogP) is 4.11.